The predicted molar refractivity (Wildman–Crippen MR) is 53.2 cm³/mol. The number of aryl methyl sites for hydroxylation is 1. The lowest BCUT2D eigenvalue weighted by Gasteiger charge is -2.09. The van der Waals surface area contributed by atoms with Crippen molar-refractivity contribution in [3.05, 3.63) is 35.6 Å². The Hall–Kier alpha value is -0.890. The fourth-order valence-corrected chi connectivity index (χ4v) is 1.22. The van der Waals surface area contributed by atoms with Crippen molar-refractivity contribution in [3.8, 4) is 0 Å². The van der Waals surface area contributed by atoms with Gasteiger partial charge < -0.3 is 5.32 Å². The summed E-state index contributed by atoms with van der Waals surface area (Å²) in [5.41, 5.74) is 1.07. The van der Waals surface area contributed by atoms with E-state index in [0.717, 1.165) is 18.4 Å². The van der Waals surface area contributed by atoms with Gasteiger partial charge in [0.15, 0.2) is 0 Å². The molecule has 2 heteroatoms. The molecule has 0 radical (unpaired) electrons. The summed E-state index contributed by atoms with van der Waals surface area (Å²) in [5, 5.41) is 3.16. The highest BCUT2D eigenvalue weighted by molar-refractivity contribution is 5.16. The number of nitrogens with one attached hydrogen (secondary N) is 1. The first-order chi connectivity index (χ1) is 6.22. The van der Waals surface area contributed by atoms with Gasteiger partial charge >= 0.3 is 0 Å². The molecule has 0 aromatic heterocycles. The van der Waals surface area contributed by atoms with E-state index in [1.807, 2.05) is 13.1 Å². The summed E-state index contributed by atoms with van der Waals surface area (Å²) in [6.07, 6.45) is 1.97. The standard InChI is InChI=1S/C11H16FN/c1-9(13-2)6-7-10-4-3-5-11(12)8-10/h3-5,8-9,13H,6-7H2,1-2H3/t9-/m1/s1. The van der Waals surface area contributed by atoms with E-state index in [1.165, 1.54) is 6.07 Å². The van der Waals surface area contributed by atoms with Crippen LogP contribution in [-0.2, 0) is 6.42 Å². The SMILES string of the molecule is CN[C@H](C)CCc1cccc(F)c1. The van der Waals surface area contributed by atoms with Gasteiger partial charge in [0.1, 0.15) is 5.82 Å². The fourth-order valence-electron chi connectivity index (χ4n) is 1.22. The Morgan fingerprint density at radius 3 is 2.85 bits per heavy atom. The fraction of sp³-hybridized carbons (Fsp3) is 0.455. The summed E-state index contributed by atoms with van der Waals surface area (Å²) < 4.78 is 12.8. The summed E-state index contributed by atoms with van der Waals surface area (Å²) in [5.74, 6) is -0.144. The average Bonchev–Trinajstić information content (AvgIpc) is 2.14. The summed E-state index contributed by atoms with van der Waals surface area (Å²) in [4.78, 5) is 0. The second-order valence-corrected chi connectivity index (χ2v) is 3.36. The quantitative estimate of drug-likeness (QED) is 0.752. The van der Waals surface area contributed by atoms with Crippen molar-refractivity contribution in [1.29, 1.82) is 0 Å². The van der Waals surface area contributed by atoms with E-state index in [-0.39, 0.29) is 5.82 Å². The molecule has 0 bridgehead atoms. The maximum absolute atomic E-state index is 12.8. The van der Waals surface area contributed by atoms with Crippen LogP contribution >= 0.6 is 0 Å². The van der Waals surface area contributed by atoms with Gasteiger partial charge in [-0.2, -0.15) is 0 Å². The average molecular weight is 181 g/mol. The van der Waals surface area contributed by atoms with Gasteiger partial charge in [0.25, 0.3) is 0 Å². The molecule has 1 rings (SSSR count). The van der Waals surface area contributed by atoms with Crippen molar-refractivity contribution < 1.29 is 4.39 Å². The Morgan fingerprint density at radius 2 is 2.23 bits per heavy atom. The minimum Gasteiger partial charge on any atom is -0.317 e. The Bertz CT molecular complexity index is 260. The van der Waals surface area contributed by atoms with Crippen LogP contribution in [0.1, 0.15) is 18.9 Å². The predicted octanol–water partition coefficient (Wildman–Crippen LogP) is 2.37. The molecule has 1 atom stereocenters. The van der Waals surface area contributed by atoms with Crippen LogP contribution in [0, 0.1) is 5.82 Å². The van der Waals surface area contributed by atoms with Crippen molar-refractivity contribution in [2.24, 2.45) is 0 Å². The molecule has 13 heavy (non-hydrogen) atoms. The van der Waals surface area contributed by atoms with E-state index in [0.29, 0.717) is 6.04 Å². The summed E-state index contributed by atoms with van der Waals surface area (Å²) >= 11 is 0. The number of hydrogen-bond donors (Lipinski definition) is 1. The van der Waals surface area contributed by atoms with E-state index in [2.05, 4.69) is 12.2 Å². The molecule has 1 nitrogen and oxygen atoms in total. The van der Waals surface area contributed by atoms with Crippen LogP contribution in [0.4, 0.5) is 4.39 Å². The number of hydrogen-bond acceptors (Lipinski definition) is 1. The van der Waals surface area contributed by atoms with Crippen LogP contribution < -0.4 is 5.32 Å². The second-order valence-electron chi connectivity index (χ2n) is 3.36. The van der Waals surface area contributed by atoms with Gasteiger partial charge in [-0.15, -0.1) is 0 Å². The lowest BCUT2D eigenvalue weighted by molar-refractivity contribution is 0.562. The van der Waals surface area contributed by atoms with Crippen molar-refractivity contribution in [2.45, 2.75) is 25.8 Å². The second kappa shape index (κ2) is 4.97. The molecule has 1 N–H and O–H groups in total. The number of halogens is 1. The van der Waals surface area contributed by atoms with Crippen LogP contribution in [0.5, 0.6) is 0 Å². The molecule has 1 aromatic carbocycles. The van der Waals surface area contributed by atoms with Crippen molar-refractivity contribution in [3.63, 3.8) is 0 Å². The van der Waals surface area contributed by atoms with Crippen LogP contribution in [-0.4, -0.2) is 13.1 Å². The first-order valence-corrected chi connectivity index (χ1v) is 4.64. The van der Waals surface area contributed by atoms with Gasteiger partial charge in [0, 0.05) is 6.04 Å². The molecule has 0 saturated carbocycles. The van der Waals surface area contributed by atoms with E-state index >= 15 is 0 Å². The molecule has 0 unspecified atom stereocenters. The molecule has 0 amide bonds. The molecule has 0 aliphatic rings. The zero-order chi connectivity index (χ0) is 9.68. The monoisotopic (exact) mass is 181 g/mol. The van der Waals surface area contributed by atoms with Crippen molar-refractivity contribution in [1.82, 2.24) is 5.32 Å². The largest absolute Gasteiger partial charge is 0.317 e. The zero-order valence-corrected chi connectivity index (χ0v) is 8.18. The molecule has 0 heterocycles. The summed E-state index contributed by atoms with van der Waals surface area (Å²) in [6.45, 7) is 2.12. The van der Waals surface area contributed by atoms with Gasteiger partial charge in [-0.25, -0.2) is 4.39 Å². The van der Waals surface area contributed by atoms with Gasteiger partial charge in [-0.3, -0.25) is 0 Å². The Kier molecular flexibility index (Phi) is 3.90. The van der Waals surface area contributed by atoms with Crippen LogP contribution in [0.15, 0.2) is 24.3 Å². The van der Waals surface area contributed by atoms with Gasteiger partial charge in [-0.05, 0) is 44.5 Å². The van der Waals surface area contributed by atoms with E-state index < -0.39 is 0 Å². The Morgan fingerprint density at radius 1 is 1.46 bits per heavy atom. The summed E-state index contributed by atoms with van der Waals surface area (Å²) in [6, 6.07) is 7.29. The van der Waals surface area contributed by atoms with Gasteiger partial charge in [0.2, 0.25) is 0 Å². The third kappa shape index (κ3) is 3.55. The molecule has 72 valence electrons. The smallest absolute Gasteiger partial charge is 0.123 e. The highest BCUT2D eigenvalue weighted by atomic mass is 19.1. The maximum Gasteiger partial charge on any atom is 0.123 e. The topological polar surface area (TPSA) is 12.0 Å². The molecule has 0 aliphatic heterocycles. The maximum atomic E-state index is 12.8. The zero-order valence-electron chi connectivity index (χ0n) is 8.18. The lowest BCUT2D eigenvalue weighted by atomic mass is 10.1. The van der Waals surface area contributed by atoms with Gasteiger partial charge in [0.05, 0.1) is 0 Å². The van der Waals surface area contributed by atoms with Crippen LogP contribution in [0.2, 0.25) is 0 Å². The normalized spacial score (nSPS) is 12.8. The van der Waals surface area contributed by atoms with Crippen molar-refractivity contribution in [2.75, 3.05) is 7.05 Å². The third-order valence-electron chi connectivity index (χ3n) is 2.25. The minimum absolute atomic E-state index is 0.144. The van der Waals surface area contributed by atoms with E-state index in [9.17, 15) is 4.39 Å². The highest BCUT2D eigenvalue weighted by Crippen LogP contribution is 2.07. The van der Waals surface area contributed by atoms with Crippen molar-refractivity contribution >= 4 is 0 Å². The summed E-state index contributed by atoms with van der Waals surface area (Å²) in [7, 11) is 1.94. The van der Waals surface area contributed by atoms with E-state index in [1.54, 1.807) is 12.1 Å². The molecule has 0 fully saturated rings. The van der Waals surface area contributed by atoms with Crippen LogP contribution in [0.3, 0.4) is 0 Å². The molecule has 1 aromatic rings. The van der Waals surface area contributed by atoms with Gasteiger partial charge in [-0.1, -0.05) is 12.1 Å². The Labute approximate surface area is 79.0 Å². The molecule has 0 saturated heterocycles. The van der Waals surface area contributed by atoms with Crippen LogP contribution in [0.25, 0.3) is 0 Å². The number of benzene rings is 1. The third-order valence-corrected chi connectivity index (χ3v) is 2.25. The molecular formula is C11H16FN. The molecule has 0 aliphatic carbocycles. The lowest BCUT2D eigenvalue weighted by Crippen LogP contribution is -2.21. The molecular weight excluding hydrogens is 165 g/mol. The minimum atomic E-state index is -0.144. The Balaban J connectivity index is 2.45. The van der Waals surface area contributed by atoms with E-state index in [4.69, 9.17) is 0 Å². The first-order valence-electron chi connectivity index (χ1n) is 4.64. The number of rotatable bonds is 4. The highest BCUT2D eigenvalue weighted by Gasteiger charge is 1.99. The first kappa shape index (κ1) is 10.2. The molecule has 0 spiro atoms.